The van der Waals surface area contributed by atoms with Crippen molar-refractivity contribution in [2.75, 3.05) is 6.54 Å². The molecule has 0 aliphatic rings. The summed E-state index contributed by atoms with van der Waals surface area (Å²) in [5.74, 6) is -0.771. The monoisotopic (exact) mass is 415 g/mol. The van der Waals surface area contributed by atoms with Gasteiger partial charge in [0.15, 0.2) is 0 Å². The number of benzene rings is 2. The Morgan fingerprint density at radius 1 is 1.04 bits per heavy atom. The van der Waals surface area contributed by atoms with E-state index in [1.807, 2.05) is 0 Å². The van der Waals surface area contributed by atoms with Gasteiger partial charge < -0.3 is 4.74 Å². The number of rotatable bonds is 5. The predicted molar refractivity (Wildman–Crippen MR) is 97.9 cm³/mol. The van der Waals surface area contributed by atoms with Crippen molar-refractivity contribution in [3.05, 3.63) is 54.1 Å². The Labute approximate surface area is 161 Å². The zero-order valence-electron chi connectivity index (χ0n) is 15.5. The lowest BCUT2D eigenvalue weighted by Crippen LogP contribution is -2.34. The summed E-state index contributed by atoms with van der Waals surface area (Å²) in [6.45, 7) is 4.32. The van der Waals surface area contributed by atoms with E-state index < -0.39 is 39.9 Å². The highest BCUT2D eigenvalue weighted by atomic mass is 32.2. The Morgan fingerprint density at radius 3 is 2.29 bits per heavy atom. The molecule has 0 aromatic heterocycles. The molecular formula is C19H20F3NO4S. The van der Waals surface area contributed by atoms with Crippen molar-refractivity contribution in [3.63, 3.8) is 0 Å². The number of nitrogens with one attached hydrogen (secondary N) is 1. The van der Waals surface area contributed by atoms with E-state index in [9.17, 15) is 26.4 Å². The standard InChI is InChI=1S/C19H20F3NO4S/c1-18(2,3)27-17(24)12-23-28(25,26)16-10-5-4-9-15(16)13-7-6-8-14(11-13)19(20,21)22/h4-11,23H,12H2,1-3H3. The van der Waals surface area contributed by atoms with Gasteiger partial charge >= 0.3 is 12.1 Å². The molecule has 0 bridgehead atoms. The smallest absolute Gasteiger partial charge is 0.416 e. The molecule has 0 saturated carbocycles. The van der Waals surface area contributed by atoms with E-state index in [2.05, 4.69) is 4.72 Å². The first-order chi connectivity index (χ1) is 12.8. The minimum absolute atomic E-state index is 0.0882. The summed E-state index contributed by atoms with van der Waals surface area (Å²) in [7, 11) is -4.17. The van der Waals surface area contributed by atoms with E-state index in [0.717, 1.165) is 12.1 Å². The third kappa shape index (κ3) is 5.80. The molecule has 5 nitrogen and oxygen atoms in total. The van der Waals surface area contributed by atoms with Gasteiger partial charge in [0, 0.05) is 5.56 Å². The van der Waals surface area contributed by atoms with Crippen LogP contribution in [0.5, 0.6) is 0 Å². The molecule has 0 radical (unpaired) electrons. The molecule has 0 unspecified atom stereocenters. The quantitative estimate of drug-likeness (QED) is 0.750. The molecule has 28 heavy (non-hydrogen) atoms. The van der Waals surface area contributed by atoms with Crippen LogP contribution in [0.15, 0.2) is 53.4 Å². The van der Waals surface area contributed by atoms with Crippen LogP contribution in [0.25, 0.3) is 11.1 Å². The zero-order valence-corrected chi connectivity index (χ0v) is 16.3. The summed E-state index contributed by atoms with van der Waals surface area (Å²) < 4.78 is 71.4. The van der Waals surface area contributed by atoms with E-state index in [1.165, 1.54) is 36.4 Å². The summed E-state index contributed by atoms with van der Waals surface area (Å²) in [5.41, 5.74) is -1.49. The number of carbonyl (C=O) groups excluding carboxylic acids is 1. The van der Waals surface area contributed by atoms with Crippen molar-refractivity contribution in [3.8, 4) is 11.1 Å². The van der Waals surface area contributed by atoms with Crippen LogP contribution in [0.2, 0.25) is 0 Å². The van der Waals surface area contributed by atoms with Gasteiger partial charge in [-0.15, -0.1) is 0 Å². The molecular weight excluding hydrogens is 395 g/mol. The molecule has 0 aliphatic heterocycles. The number of halogens is 3. The van der Waals surface area contributed by atoms with Gasteiger partial charge in [-0.2, -0.15) is 17.9 Å². The Kier molecular flexibility index (Phi) is 6.20. The fraction of sp³-hybridized carbons (Fsp3) is 0.316. The Bertz CT molecular complexity index is 964. The van der Waals surface area contributed by atoms with E-state index in [4.69, 9.17) is 4.74 Å². The summed E-state index contributed by atoms with van der Waals surface area (Å²) in [6, 6.07) is 9.99. The van der Waals surface area contributed by atoms with E-state index in [1.54, 1.807) is 20.8 Å². The molecule has 0 atom stereocenters. The van der Waals surface area contributed by atoms with Crippen molar-refractivity contribution in [2.24, 2.45) is 0 Å². The minimum atomic E-state index is -4.56. The number of esters is 1. The van der Waals surface area contributed by atoms with Gasteiger partial charge in [0.05, 0.1) is 10.5 Å². The van der Waals surface area contributed by atoms with Gasteiger partial charge in [-0.3, -0.25) is 4.79 Å². The molecule has 9 heteroatoms. The third-order valence-electron chi connectivity index (χ3n) is 3.50. The topological polar surface area (TPSA) is 72.5 Å². The third-order valence-corrected chi connectivity index (χ3v) is 4.96. The predicted octanol–water partition coefficient (Wildman–Crippen LogP) is 3.99. The fourth-order valence-electron chi connectivity index (χ4n) is 2.41. The Hall–Kier alpha value is -2.39. The van der Waals surface area contributed by atoms with Crippen LogP contribution >= 0.6 is 0 Å². The van der Waals surface area contributed by atoms with Gasteiger partial charge in [-0.1, -0.05) is 30.3 Å². The van der Waals surface area contributed by atoms with Crippen LogP contribution in [0.4, 0.5) is 13.2 Å². The molecule has 0 saturated heterocycles. The van der Waals surface area contributed by atoms with E-state index in [-0.39, 0.29) is 16.0 Å². The van der Waals surface area contributed by atoms with Crippen molar-refractivity contribution < 1.29 is 31.1 Å². The normalized spacial score (nSPS) is 12.6. The van der Waals surface area contributed by atoms with Gasteiger partial charge in [-0.05, 0) is 44.5 Å². The number of sulfonamides is 1. The number of hydrogen-bond donors (Lipinski definition) is 1. The summed E-state index contributed by atoms with van der Waals surface area (Å²) >= 11 is 0. The minimum Gasteiger partial charge on any atom is -0.459 e. The van der Waals surface area contributed by atoms with Gasteiger partial charge in [0.25, 0.3) is 0 Å². The molecule has 0 spiro atoms. The lowest BCUT2D eigenvalue weighted by Gasteiger charge is -2.19. The molecule has 2 aromatic carbocycles. The maximum absolute atomic E-state index is 13.0. The molecule has 0 fully saturated rings. The number of ether oxygens (including phenoxy) is 1. The number of carbonyl (C=O) groups is 1. The lowest BCUT2D eigenvalue weighted by atomic mass is 10.0. The van der Waals surface area contributed by atoms with Gasteiger partial charge in [0.1, 0.15) is 12.1 Å². The molecule has 2 rings (SSSR count). The fourth-order valence-corrected chi connectivity index (χ4v) is 3.61. The lowest BCUT2D eigenvalue weighted by molar-refractivity contribution is -0.153. The van der Waals surface area contributed by atoms with Crippen molar-refractivity contribution in [1.29, 1.82) is 0 Å². The molecule has 0 heterocycles. The van der Waals surface area contributed by atoms with Crippen molar-refractivity contribution in [1.82, 2.24) is 4.72 Å². The number of hydrogen-bond acceptors (Lipinski definition) is 4. The molecule has 0 aliphatic carbocycles. The first kappa shape index (κ1) is 21.9. The average Bonchev–Trinajstić information content (AvgIpc) is 2.58. The van der Waals surface area contributed by atoms with E-state index >= 15 is 0 Å². The van der Waals surface area contributed by atoms with Crippen LogP contribution in [-0.2, 0) is 25.7 Å². The molecule has 152 valence electrons. The van der Waals surface area contributed by atoms with Gasteiger partial charge in [0.2, 0.25) is 10.0 Å². The first-order valence-corrected chi connectivity index (χ1v) is 9.76. The van der Waals surface area contributed by atoms with Crippen LogP contribution < -0.4 is 4.72 Å². The largest absolute Gasteiger partial charge is 0.459 e. The van der Waals surface area contributed by atoms with Crippen LogP contribution in [0.1, 0.15) is 26.3 Å². The second kappa shape index (κ2) is 7.92. The first-order valence-electron chi connectivity index (χ1n) is 8.28. The number of alkyl halides is 3. The maximum Gasteiger partial charge on any atom is 0.416 e. The molecule has 2 aromatic rings. The highest BCUT2D eigenvalue weighted by molar-refractivity contribution is 7.89. The van der Waals surface area contributed by atoms with Gasteiger partial charge in [-0.25, -0.2) is 8.42 Å². The second-order valence-corrected chi connectivity index (χ2v) is 8.72. The van der Waals surface area contributed by atoms with Crippen LogP contribution in [0.3, 0.4) is 0 Å². The highest BCUT2D eigenvalue weighted by Crippen LogP contribution is 2.34. The molecule has 1 N–H and O–H groups in total. The summed E-state index contributed by atoms with van der Waals surface area (Å²) in [4.78, 5) is 11.5. The highest BCUT2D eigenvalue weighted by Gasteiger charge is 2.31. The Balaban J connectivity index is 2.35. The average molecular weight is 415 g/mol. The summed E-state index contributed by atoms with van der Waals surface area (Å²) in [5, 5.41) is 0. The molecule has 0 amide bonds. The Morgan fingerprint density at radius 2 is 1.68 bits per heavy atom. The zero-order chi connectivity index (χ0) is 21.2. The van der Waals surface area contributed by atoms with Crippen LogP contribution in [-0.4, -0.2) is 26.5 Å². The van der Waals surface area contributed by atoms with E-state index in [0.29, 0.717) is 0 Å². The SMILES string of the molecule is CC(C)(C)OC(=O)CNS(=O)(=O)c1ccccc1-c1cccc(C(F)(F)F)c1. The summed E-state index contributed by atoms with van der Waals surface area (Å²) in [6.07, 6.45) is -4.56. The van der Waals surface area contributed by atoms with Crippen molar-refractivity contribution in [2.45, 2.75) is 37.4 Å². The second-order valence-electron chi connectivity index (χ2n) is 6.99. The maximum atomic E-state index is 13.0. The van der Waals surface area contributed by atoms with Crippen molar-refractivity contribution >= 4 is 16.0 Å². The van der Waals surface area contributed by atoms with Crippen LogP contribution in [0, 0.1) is 0 Å².